The van der Waals surface area contributed by atoms with Crippen molar-refractivity contribution in [3.63, 3.8) is 0 Å². The molecule has 0 saturated heterocycles. The molecule has 0 N–H and O–H groups in total. The Bertz CT molecular complexity index is 534. The minimum atomic E-state index is 0.656. The molecule has 0 heterocycles. The highest BCUT2D eigenvalue weighted by molar-refractivity contribution is 9.10. The molecule has 3 heteroatoms. The molecule has 0 fully saturated rings. The molecule has 0 aliphatic heterocycles. The van der Waals surface area contributed by atoms with Gasteiger partial charge in [0.25, 0.3) is 0 Å². The molecule has 0 aliphatic rings. The minimum Gasteiger partial charge on any atom is -0.493 e. The third-order valence-electron chi connectivity index (χ3n) is 2.40. The van der Waals surface area contributed by atoms with E-state index in [0.717, 1.165) is 21.5 Å². The van der Waals surface area contributed by atoms with Gasteiger partial charge in [-0.25, -0.2) is 0 Å². The standard InChI is InChI=1S/C15H14BrNO/c1-2-18-15-6-4-3-5-12(15)11-17-14-9-7-13(16)8-10-14/h3-11H,2H2,1H3. The fourth-order valence-corrected chi connectivity index (χ4v) is 1.81. The average molecular weight is 304 g/mol. The van der Waals surface area contributed by atoms with Crippen molar-refractivity contribution in [3.05, 3.63) is 58.6 Å². The lowest BCUT2D eigenvalue weighted by molar-refractivity contribution is 0.340. The van der Waals surface area contributed by atoms with Crippen molar-refractivity contribution in [1.29, 1.82) is 0 Å². The Labute approximate surface area is 115 Å². The maximum absolute atomic E-state index is 5.55. The van der Waals surface area contributed by atoms with Gasteiger partial charge in [-0.3, -0.25) is 4.99 Å². The maximum Gasteiger partial charge on any atom is 0.128 e. The lowest BCUT2D eigenvalue weighted by Crippen LogP contribution is -1.95. The van der Waals surface area contributed by atoms with Crippen molar-refractivity contribution in [3.8, 4) is 5.75 Å². The van der Waals surface area contributed by atoms with E-state index >= 15 is 0 Å². The highest BCUT2D eigenvalue weighted by atomic mass is 79.9. The summed E-state index contributed by atoms with van der Waals surface area (Å²) in [5.74, 6) is 0.862. The van der Waals surface area contributed by atoms with Crippen LogP contribution < -0.4 is 4.74 Å². The van der Waals surface area contributed by atoms with Gasteiger partial charge in [0.1, 0.15) is 5.75 Å². The number of hydrogen-bond donors (Lipinski definition) is 0. The summed E-state index contributed by atoms with van der Waals surface area (Å²) in [6, 6.07) is 15.8. The van der Waals surface area contributed by atoms with Gasteiger partial charge >= 0.3 is 0 Å². The van der Waals surface area contributed by atoms with Gasteiger partial charge in [0.15, 0.2) is 0 Å². The number of aliphatic imine (C=N–C) groups is 1. The molecular formula is C15H14BrNO. The van der Waals surface area contributed by atoms with Crippen LogP contribution in [0.5, 0.6) is 5.75 Å². The van der Waals surface area contributed by atoms with E-state index in [2.05, 4.69) is 20.9 Å². The molecule has 2 aromatic carbocycles. The van der Waals surface area contributed by atoms with Gasteiger partial charge in [-0.1, -0.05) is 28.1 Å². The molecule has 2 nitrogen and oxygen atoms in total. The predicted octanol–water partition coefficient (Wildman–Crippen LogP) is 4.60. The van der Waals surface area contributed by atoms with Gasteiger partial charge in [-0.05, 0) is 43.3 Å². The summed E-state index contributed by atoms with van der Waals surface area (Å²) in [5.41, 5.74) is 1.91. The molecule has 0 saturated carbocycles. The second-order valence-corrected chi connectivity index (χ2v) is 4.62. The van der Waals surface area contributed by atoms with Crippen molar-refractivity contribution >= 4 is 27.8 Å². The van der Waals surface area contributed by atoms with Crippen molar-refractivity contribution in [1.82, 2.24) is 0 Å². The van der Waals surface area contributed by atoms with Crippen LogP contribution in [0.3, 0.4) is 0 Å². The molecule has 0 unspecified atom stereocenters. The number of benzene rings is 2. The third kappa shape index (κ3) is 3.44. The number of ether oxygens (including phenoxy) is 1. The number of hydrogen-bond acceptors (Lipinski definition) is 2. The quantitative estimate of drug-likeness (QED) is 0.757. The molecule has 0 aliphatic carbocycles. The zero-order valence-corrected chi connectivity index (χ0v) is 11.7. The molecule has 0 radical (unpaired) electrons. The summed E-state index contributed by atoms with van der Waals surface area (Å²) in [6.07, 6.45) is 1.83. The van der Waals surface area contributed by atoms with Gasteiger partial charge in [-0.2, -0.15) is 0 Å². The van der Waals surface area contributed by atoms with Crippen LogP contribution in [0.2, 0.25) is 0 Å². The largest absolute Gasteiger partial charge is 0.493 e. The van der Waals surface area contributed by atoms with Crippen LogP contribution in [0.4, 0.5) is 5.69 Å². The minimum absolute atomic E-state index is 0.656. The van der Waals surface area contributed by atoms with Crippen molar-refractivity contribution in [2.45, 2.75) is 6.92 Å². The summed E-state index contributed by atoms with van der Waals surface area (Å²) in [5, 5.41) is 0. The van der Waals surface area contributed by atoms with Gasteiger partial charge in [0.05, 0.1) is 12.3 Å². The third-order valence-corrected chi connectivity index (χ3v) is 2.93. The van der Waals surface area contributed by atoms with E-state index < -0.39 is 0 Å². The molecule has 0 aromatic heterocycles. The zero-order chi connectivity index (χ0) is 12.8. The fourth-order valence-electron chi connectivity index (χ4n) is 1.55. The van der Waals surface area contributed by atoms with E-state index in [4.69, 9.17) is 4.74 Å². The first-order chi connectivity index (χ1) is 8.79. The lowest BCUT2D eigenvalue weighted by atomic mass is 10.2. The summed E-state index contributed by atoms with van der Waals surface area (Å²) >= 11 is 3.40. The topological polar surface area (TPSA) is 21.6 Å². The smallest absolute Gasteiger partial charge is 0.128 e. The van der Waals surface area contributed by atoms with Crippen molar-refractivity contribution in [2.75, 3.05) is 6.61 Å². The highest BCUT2D eigenvalue weighted by Gasteiger charge is 1.98. The van der Waals surface area contributed by atoms with E-state index in [9.17, 15) is 0 Å². The first kappa shape index (κ1) is 12.8. The molecule has 18 heavy (non-hydrogen) atoms. The monoisotopic (exact) mass is 303 g/mol. The van der Waals surface area contributed by atoms with Crippen LogP contribution in [0, 0.1) is 0 Å². The molecular weight excluding hydrogens is 290 g/mol. The van der Waals surface area contributed by atoms with Crippen LogP contribution in [0.15, 0.2) is 58.0 Å². The fraction of sp³-hybridized carbons (Fsp3) is 0.133. The van der Waals surface area contributed by atoms with Gasteiger partial charge in [-0.15, -0.1) is 0 Å². The van der Waals surface area contributed by atoms with Crippen molar-refractivity contribution in [2.24, 2.45) is 4.99 Å². The SMILES string of the molecule is CCOc1ccccc1C=Nc1ccc(Br)cc1. The van der Waals surface area contributed by atoms with Crippen LogP contribution in [-0.2, 0) is 0 Å². The van der Waals surface area contributed by atoms with Crippen LogP contribution in [-0.4, -0.2) is 12.8 Å². The second kappa shape index (κ2) is 6.36. The first-order valence-electron chi connectivity index (χ1n) is 5.81. The van der Waals surface area contributed by atoms with Gasteiger partial charge < -0.3 is 4.74 Å². The Kier molecular flexibility index (Phi) is 4.53. The molecule has 2 aromatic rings. The van der Waals surface area contributed by atoms with E-state index in [1.165, 1.54) is 0 Å². The Morgan fingerprint density at radius 2 is 1.83 bits per heavy atom. The number of halogens is 1. The van der Waals surface area contributed by atoms with E-state index in [-0.39, 0.29) is 0 Å². The summed E-state index contributed by atoms with van der Waals surface area (Å²) < 4.78 is 6.60. The molecule has 0 amide bonds. The van der Waals surface area contributed by atoms with Gasteiger partial charge in [0, 0.05) is 16.3 Å². The average Bonchev–Trinajstić information content (AvgIpc) is 2.40. The van der Waals surface area contributed by atoms with Crippen molar-refractivity contribution < 1.29 is 4.74 Å². The summed E-state index contributed by atoms with van der Waals surface area (Å²) in [7, 11) is 0. The molecule has 2 rings (SSSR count). The van der Waals surface area contributed by atoms with Crippen LogP contribution in [0.25, 0.3) is 0 Å². The summed E-state index contributed by atoms with van der Waals surface area (Å²) in [6.45, 7) is 2.63. The molecule has 0 spiro atoms. The predicted molar refractivity (Wildman–Crippen MR) is 79.0 cm³/mol. The molecule has 92 valence electrons. The van der Waals surface area contributed by atoms with E-state index in [1.54, 1.807) is 0 Å². The van der Waals surface area contributed by atoms with Crippen LogP contribution in [0.1, 0.15) is 12.5 Å². The Balaban J connectivity index is 2.20. The summed E-state index contributed by atoms with van der Waals surface area (Å²) in [4.78, 5) is 4.43. The highest BCUT2D eigenvalue weighted by Crippen LogP contribution is 2.19. The first-order valence-corrected chi connectivity index (χ1v) is 6.60. The van der Waals surface area contributed by atoms with E-state index in [0.29, 0.717) is 6.61 Å². The zero-order valence-electron chi connectivity index (χ0n) is 10.1. The number of rotatable bonds is 4. The normalized spacial score (nSPS) is 10.8. The Morgan fingerprint density at radius 3 is 2.56 bits per heavy atom. The Hall–Kier alpha value is -1.61. The number of nitrogens with zero attached hydrogens (tertiary/aromatic N) is 1. The van der Waals surface area contributed by atoms with E-state index in [1.807, 2.05) is 61.7 Å². The molecule has 0 atom stereocenters. The second-order valence-electron chi connectivity index (χ2n) is 3.71. The number of para-hydroxylation sites is 1. The maximum atomic E-state index is 5.55. The Morgan fingerprint density at radius 1 is 1.11 bits per heavy atom. The molecule has 0 bridgehead atoms. The van der Waals surface area contributed by atoms with Crippen LogP contribution >= 0.6 is 15.9 Å². The lowest BCUT2D eigenvalue weighted by Gasteiger charge is -2.05. The van der Waals surface area contributed by atoms with Gasteiger partial charge in [0.2, 0.25) is 0 Å².